The van der Waals surface area contributed by atoms with Crippen LogP contribution in [0.1, 0.15) is 102 Å². The first-order valence-electron chi connectivity index (χ1n) is 19.4. The fourth-order valence-corrected chi connectivity index (χ4v) is 7.36. The van der Waals surface area contributed by atoms with Gasteiger partial charge in [0.1, 0.15) is 18.1 Å². The van der Waals surface area contributed by atoms with Crippen molar-refractivity contribution in [2.75, 3.05) is 24.7 Å². The van der Waals surface area contributed by atoms with Gasteiger partial charge in [-0.05, 0) is 81.5 Å². The Balaban J connectivity index is 1.03. The van der Waals surface area contributed by atoms with Crippen LogP contribution in [0.25, 0.3) is 5.65 Å². The molecule has 14 heteroatoms. The van der Waals surface area contributed by atoms with E-state index in [1.807, 2.05) is 71.8 Å². The molecule has 4 atom stereocenters. The summed E-state index contributed by atoms with van der Waals surface area (Å²) in [7, 11) is 0. The van der Waals surface area contributed by atoms with Crippen LogP contribution in [0.15, 0.2) is 71.8 Å². The topological polar surface area (TPSA) is 163 Å². The maximum absolute atomic E-state index is 13.6. The molecule has 1 aliphatic carbocycles. The van der Waals surface area contributed by atoms with Gasteiger partial charge in [-0.15, -0.1) is 15.2 Å². The summed E-state index contributed by atoms with van der Waals surface area (Å²) in [6.07, 6.45) is 15.2. The number of piperidine rings is 1. The summed E-state index contributed by atoms with van der Waals surface area (Å²) in [5, 5.41) is 18.5. The molecule has 14 nitrogen and oxygen atoms in total. The van der Waals surface area contributed by atoms with Crippen molar-refractivity contribution in [2.45, 2.75) is 110 Å². The largest absolute Gasteiger partial charge is 0.484 e. The zero-order valence-electron chi connectivity index (χ0n) is 32.0. The molecular formula is C40H55N10O4+. The number of ether oxygens (including phenoxy) is 3. The zero-order valence-corrected chi connectivity index (χ0v) is 32.0. The first kappa shape index (κ1) is 37.5. The second kappa shape index (κ2) is 16.7. The first-order chi connectivity index (χ1) is 26.1. The van der Waals surface area contributed by atoms with E-state index in [2.05, 4.69) is 49.6 Å². The van der Waals surface area contributed by atoms with Gasteiger partial charge < -0.3 is 30.2 Å². The molecule has 4 aromatic rings. The Hall–Kier alpha value is -4.79. The van der Waals surface area contributed by atoms with Crippen LogP contribution >= 0.6 is 0 Å². The van der Waals surface area contributed by atoms with Gasteiger partial charge in [0.2, 0.25) is 11.8 Å². The predicted molar refractivity (Wildman–Crippen MR) is 206 cm³/mol. The molecular weight excluding hydrogens is 685 g/mol. The van der Waals surface area contributed by atoms with E-state index in [1.54, 1.807) is 12.3 Å². The number of benzene rings is 1. The summed E-state index contributed by atoms with van der Waals surface area (Å²) in [4.78, 5) is 20.5. The van der Waals surface area contributed by atoms with E-state index in [4.69, 9.17) is 19.9 Å². The number of amidine groups is 1. The van der Waals surface area contributed by atoms with E-state index < -0.39 is 6.03 Å². The molecule has 2 fully saturated rings. The number of carbonyl (C=O) groups excluding carboxylic acids is 1. The van der Waals surface area contributed by atoms with Gasteiger partial charge in [-0.3, -0.25) is 14.4 Å². The summed E-state index contributed by atoms with van der Waals surface area (Å²) < 4.78 is 22.1. The van der Waals surface area contributed by atoms with Gasteiger partial charge >= 0.3 is 6.03 Å². The first-order valence-corrected chi connectivity index (χ1v) is 19.4. The van der Waals surface area contributed by atoms with Gasteiger partial charge in [0.05, 0.1) is 31.6 Å². The number of carbonyl (C=O) groups is 1. The minimum absolute atomic E-state index is 0.143. The number of fused-ring (bicyclic) bond motifs is 2. The number of hydrogen-bond donors (Lipinski definition) is 3. The zero-order chi connectivity index (χ0) is 37.7. The number of nitrogens with one attached hydrogen (secondary N) is 1. The van der Waals surface area contributed by atoms with Gasteiger partial charge in [0.25, 0.3) is 0 Å². The molecule has 54 heavy (non-hydrogen) atoms. The summed E-state index contributed by atoms with van der Waals surface area (Å²) in [5.74, 6) is 2.05. The highest BCUT2D eigenvalue weighted by atomic mass is 16.7. The second-order valence-electron chi connectivity index (χ2n) is 15.7. The van der Waals surface area contributed by atoms with Crippen molar-refractivity contribution in [3.63, 3.8) is 0 Å². The van der Waals surface area contributed by atoms with Gasteiger partial charge in [0, 0.05) is 36.4 Å². The van der Waals surface area contributed by atoms with Crippen LogP contribution in [-0.2, 0) is 16.0 Å². The summed E-state index contributed by atoms with van der Waals surface area (Å²) in [6.45, 7) is 11.1. The lowest BCUT2D eigenvalue weighted by Crippen LogP contribution is -2.82. The molecule has 7 rings (SSSR count). The van der Waals surface area contributed by atoms with Crippen molar-refractivity contribution in [3.8, 4) is 5.75 Å². The number of nitrogens with zero attached hydrogens (tertiary/aromatic N) is 7. The van der Waals surface area contributed by atoms with Crippen LogP contribution in [-0.4, -0.2) is 68.3 Å². The van der Waals surface area contributed by atoms with E-state index >= 15 is 0 Å². The van der Waals surface area contributed by atoms with Crippen molar-refractivity contribution in [1.82, 2.24) is 29.7 Å². The summed E-state index contributed by atoms with van der Waals surface area (Å²) in [5.41, 5.74) is 10.4. The molecule has 2 amide bonds. The number of quaternary nitrogens is 1. The second-order valence-corrected chi connectivity index (χ2v) is 15.7. The van der Waals surface area contributed by atoms with Gasteiger partial charge in [-0.2, -0.15) is 5.10 Å². The highest BCUT2D eigenvalue weighted by Crippen LogP contribution is 2.39. The minimum atomic E-state index is -0.441. The quantitative estimate of drug-likeness (QED) is 0.137. The van der Waals surface area contributed by atoms with E-state index in [-0.39, 0.29) is 23.9 Å². The van der Waals surface area contributed by atoms with Gasteiger partial charge in [0.15, 0.2) is 17.6 Å². The van der Waals surface area contributed by atoms with Crippen LogP contribution in [0.4, 0.5) is 16.4 Å². The lowest BCUT2D eigenvalue weighted by Gasteiger charge is -2.33. The summed E-state index contributed by atoms with van der Waals surface area (Å²) in [6, 6.07) is 11.8. The highest BCUT2D eigenvalue weighted by Gasteiger charge is 2.30. The molecule has 0 saturated carbocycles. The maximum Gasteiger partial charge on any atom is 0.346 e. The van der Waals surface area contributed by atoms with Crippen LogP contribution in [0.5, 0.6) is 5.75 Å². The van der Waals surface area contributed by atoms with E-state index in [9.17, 15) is 4.79 Å². The Morgan fingerprint density at radius 2 is 1.89 bits per heavy atom. The lowest BCUT2D eigenvalue weighted by atomic mass is 9.85. The van der Waals surface area contributed by atoms with Crippen molar-refractivity contribution >= 4 is 29.1 Å². The Morgan fingerprint density at radius 3 is 2.69 bits per heavy atom. The molecule has 3 aromatic heterocycles. The number of nitrogens with two attached hydrogens (primary N) is 2. The maximum atomic E-state index is 13.6. The Kier molecular flexibility index (Phi) is 11.6. The van der Waals surface area contributed by atoms with Crippen LogP contribution in [0.2, 0.25) is 0 Å². The summed E-state index contributed by atoms with van der Waals surface area (Å²) >= 11 is 0. The third-order valence-electron chi connectivity index (χ3n) is 10.6. The van der Waals surface area contributed by atoms with Crippen molar-refractivity contribution in [3.05, 3.63) is 77.9 Å². The van der Waals surface area contributed by atoms with Crippen molar-refractivity contribution in [2.24, 2.45) is 16.1 Å². The van der Waals surface area contributed by atoms with Gasteiger partial charge in [-0.25, -0.2) is 4.79 Å². The molecule has 1 aromatic carbocycles. The average Bonchev–Trinajstić information content (AvgIpc) is 3.79. The smallest absolute Gasteiger partial charge is 0.346 e. The number of rotatable bonds is 10. The number of aliphatic imine (C=N–C) groups is 1. The van der Waals surface area contributed by atoms with E-state index in [0.717, 1.165) is 79.4 Å². The van der Waals surface area contributed by atoms with E-state index in [1.165, 1.54) is 6.42 Å². The number of amides is 2. The molecule has 0 spiro atoms. The van der Waals surface area contributed by atoms with Gasteiger partial charge in [-0.1, -0.05) is 45.0 Å². The fraction of sp³-hybridized carbons (Fsp3) is 0.525. The van der Waals surface area contributed by atoms with E-state index in [0.29, 0.717) is 43.6 Å². The van der Waals surface area contributed by atoms with Crippen molar-refractivity contribution in [1.29, 1.82) is 0 Å². The normalized spacial score (nSPS) is 22.6. The third-order valence-corrected chi connectivity index (χ3v) is 10.6. The SMILES string of the molecule is C[C@H]1CCCCN1c1nnc2ccc(OC3CCC(NC(=O)/N=C(\C=C(/N)C(C)(C)C)[NH2+]c4cnn(CCOC5CCCCO5)c4)c4ccccc43)cn12. The molecule has 0 radical (unpaired) electrons. The molecule has 3 unspecified atom stereocenters. The average molecular weight is 740 g/mol. The number of aromatic nitrogens is 5. The molecule has 3 aliphatic rings. The molecule has 2 aliphatic heterocycles. The Morgan fingerprint density at radius 1 is 1.06 bits per heavy atom. The third kappa shape index (κ3) is 9.11. The van der Waals surface area contributed by atoms with Crippen LogP contribution < -0.4 is 26.0 Å². The molecule has 0 bridgehead atoms. The standard InChI is InChI=1S/C40H54N10O4/c1-27-11-7-9-19-49(27)39-47-46-36-18-15-29(26-50(36)39)54-33-17-16-32(30-12-5-6-13-31(30)33)44-38(51)45-35(23-34(41)40(2,3)4)43-28-24-42-48(25-28)20-22-53-37-14-8-10-21-52-37/h5-6,12-13,15,18,23-27,32-33,37H,7-11,14,16-17,19-22,41H2,1-4H3,(H2,43,44,45,51)/p+1/b34-23-/t27-,32?,33?,37?/m0/s1. The Bertz CT molecular complexity index is 1960. The number of allylic oxidation sites excluding steroid dienone is 1. The molecule has 5 N–H and O–H groups in total. The lowest BCUT2D eigenvalue weighted by molar-refractivity contribution is -0.442. The molecule has 2 saturated heterocycles. The monoisotopic (exact) mass is 739 g/mol. The highest BCUT2D eigenvalue weighted by molar-refractivity contribution is 5.96. The number of urea groups is 1. The van der Waals surface area contributed by atoms with Crippen LogP contribution in [0, 0.1) is 5.41 Å². The molecule has 5 heterocycles. The minimum Gasteiger partial charge on any atom is -0.484 e. The molecule has 288 valence electrons. The number of hydrogen-bond acceptors (Lipinski definition) is 9. The number of pyridine rings is 1. The van der Waals surface area contributed by atoms with Crippen LogP contribution in [0.3, 0.4) is 0 Å². The predicted octanol–water partition coefficient (Wildman–Crippen LogP) is 5.69. The fourth-order valence-electron chi connectivity index (χ4n) is 7.36. The Labute approximate surface area is 317 Å². The number of anilines is 1. The van der Waals surface area contributed by atoms with Crippen molar-refractivity contribution < 1.29 is 24.3 Å².